The number of hydrogen-bond donors (Lipinski definition) is 0. The molecule has 0 aromatic rings. The second-order valence-corrected chi connectivity index (χ2v) is 19.5. The Hall–Kier alpha value is -0.931. The van der Waals surface area contributed by atoms with Gasteiger partial charge in [-0.15, -0.1) is 0 Å². The maximum atomic E-state index is 13.7. The van der Waals surface area contributed by atoms with Crippen LogP contribution >= 0.6 is 0 Å². The summed E-state index contributed by atoms with van der Waals surface area (Å²) in [5.41, 5.74) is 1.83. The van der Waals surface area contributed by atoms with Gasteiger partial charge in [0, 0.05) is 0 Å². The number of carbonyl (C=O) groups excluding carboxylic acids is 1. The predicted octanol–water partition coefficient (Wildman–Crippen LogP) is 5.27. The molecule has 1 fully saturated rings. The number of hydrogen-bond acceptors (Lipinski definition) is 3. The third-order valence-electron chi connectivity index (χ3n) is 7.04. The van der Waals surface area contributed by atoms with Gasteiger partial charge in [0.1, 0.15) is 0 Å². The van der Waals surface area contributed by atoms with E-state index >= 15 is 0 Å². The van der Waals surface area contributed by atoms with Crippen LogP contribution in [0.15, 0.2) is 65.5 Å². The van der Waals surface area contributed by atoms with Gasteiger partial charge in [-0.2, -0.15) is 0 Å². The number of rotatable bonds is 2. The summed E-state index contributed by atoms with van der Waals surface area (Å²) >= 11 is 0.436. The Morgan fingerprint density at radius 3 is 1.24 bits per heavy atom. The van der Waals surface area contributed by atoms with Gasteiger partial charge in [-0.3, -0.25) is 0 Å². The van der Waals surface area contributed by atoms with Gasteiger partial charge in [0.05, 0.1) is 0 Å². The van der Waals surface area contributed by atoms with E-state index in [0.717, 1.165) is 11.1 Å². The molecule has 4 unspecified atom stereocenters. The van der Waals surface area contributed by atoms with Crippen LogP contribution < -0.4 is 10.2 Å². The topological polar surface area (TPSA) is 63.2 Å². The van der Waals surface area contributed by atoms with Crippen LogP contribution in [0.1, 0.15) is 83.1 Å². The van der Waals surface area contributed by atoms with Gasteiger partial charge in [0.15, 0.2) is 0 Å². The molecule has 0 saturated heterocycles. The summed E-state index contributed by atoms with van der Waals surface area (Å²) in [6.07, 6.45) is 9.43. The zero-order valence-electron chi connectivity index (χ0n) is 25.3. The summed E-state index contributed by atoms with van der Waals surface area (Å²) in [6.45, 7) is 26.5. The van der Waals surface area contributed by atoms with Crippen LogP contribution in [0.5, 0.6) is 0 Å². The third-order valence-corrected chi connectivity index (χ3v) is 15.0. The maximum absolute atomic E-state index is 13.7. The van der Waals surface area contributed by atoms with E-state index in [1.54, 1.807) is 6.08 Å². The van der Waals surface area contributed by atoms with Crippen LogP contribution in [0, 0.1) is 33.5 Å². The molecule has 0 aromatic carbocycles. The van der Waals surface area contributed by atoms with E-state index in [2.05, 4.69) is 107 Å². The van der Waals surface area contributed by atoms with Crippen LogP contribution in [0.3, 0.4) is 0 Å². The summed E-state index contributed by atoms with van der Waals surface area (Å²) in [5, 5.41) is 26.9. The van der Waals surface area contributed by atoms with Gasteiger partial charge in [0.25, 0.3) is 0 Å². The van der Waals surface area contributed by atoms with Crippen molar-refractivity contribution in [2.45, 2.75) is 95.3 Å². The van der Waals surface area contributed by atoms with Crippen molar-refractivity contribution in [3.05, 3.63) is 65.5 Å². The Bertz CT molecular complexity index is 1080. The Morgan fingerprint density at radius 2 is 0.921 bits per heavy atom. The van der Waals surface area contributed by atoms with Crippen molar-refractivity contribution in [2.75, 3.05) is 0 Å². The molecule has 38 heavy (non-hydrogen) atoms. The summed E-state index contributed by atoms with van der Waals surface area (Å²) in [5.74, 6) is -2.23. The first-order chi connectivity index (χ1) is 17.1. The summed E-state index contributed by atoms with van der Waals surface area (Å²) in [6, 6.07) is 0. The van der Waals surface area contributed by atoms with Crippen LogP contribution in [-0.4, -0.2) is 47.9 Å². The standard InChI is InChI=1S/C33H46O3Se2/c1-30(2,3)23-15-19(16-24(37-23)31(4,5)6)13-21-27(34)22(29(36)28(21)35)14-20-17-25(32(7,8)9)38-26(18-20)33(10,11)12/h13-18,21-22,27-28H,1-12H3/q-2. The Morgan fingerprint density at radius 1 is 0.605 bits per heavy atom. The van der Waals surface area contributed by atoms with Gasteiger partial charge < -0.3 is 0 Å². The van der Waals surface area contributed by atoms with E-state index in [0.29, 0.717) is 0 Å². The zero-order chi connectivity index (χ0) is 29.0. The molecular formula is C33H46O3Se2-2. The summed E-state index contributed by atoms with van der Waals surface area (Å²) < 4.78 is 5.39. The van der Waals surface area contributed by atoms with E-state index in [-0.39, 0.29) is 51.6 Å². The van der Waals surface area contributed by atoms with Crippen LogP contribution in [0.2, 0.25) is 0 Å². The molecule has 2 heterocycles. The Balaban J connectivity index is 2.03. The molecule has 0 radical (unpaired) electrons. The van der Waals surface area contributed by atoms with Crippen LogP contribution in [-0.2, 0) is 4.79 Å². The second-order valence-electron chi connectivity index (χ2n) is 15.0. The minimum absolute atomic E-state index is 0.00505. The monoisotopic (exact) mass is 650 g/mol. The Labute approximate surface area is 244 Å². The minimum atomic E-state index is -1.53. The molecule has 1 aliphatic carbocycles. The van der Waals surface area contributed by atoms with Gasteiger partial charge >= 0.3 is 245 Å². The molecule has 4 atom stereocenters. The quantitative estimate of drug-likeness (QED) is 0.384. The number of ketones is 1. The van der Waals surface area contributed by atoms with Crippen molar-refractivity contribution in [3.63, 3.8) is 0 Å². The van der Waals surface area contributed by atoms with E-state index in [1.807, 2.05) is 6.08 Å². The van der Waals surface area contributed by atoms with Crippen molar-refractivity contribution in [1.29, 1.82) is 0 Å². The summed E-state index contributed by atoms with van der Waals surface area (Å²) in [4.78, 5) is 13.2. The molecular weight excluding hydrogens is 602 g/mol. The molecule has 0 bridgehead atoms. The second kappa shape index (κ2) is 10.8. The fourth-order valence-electron chi connectivity index (χ4n) is 4.46. The first-order valence-electron chi connectivity index (χ1n) is 13.6. The first kappa shape index (κ1) is 31.6. The predicted molar refractivity (Wildman–Crippen MR) is 157 cm³/mol. The molecule has 0 amide bonds. The third kappa shape index (κ3) is 7.22. The molecule has 3 aliphatic rings. The van der Waals surface area contributed by atoms with Crippen molar-refractivity contribution >= 4 is 35.7 Å². The Kier molecular flexibility index (Phi) is 8.98. The van der Waals surface area contributed by atoms with Gasteiger partial charge in [-0.05, 0) is 0 Å². The van der Waals surface area contributed by atoms with Crippen LogP contribution in [0.4, 0.5) is 0 Å². The molecule has 0 N–H and O–H groups in total. The number of Topliss-reactive ketones (excluding diaryl/α,β-unsaturated/α-hetero) is 1. The summed E-state index contributed by atoms with van der Waals surface area (Å²) in [7, 11) is 0. The molecule has 3 nitrogen and oxygen atoms in total. The average Bonchev–Trinajstić information content (AvgIpc) is 2.94. The molecule has 3 rings (SSSR count). The molecule has 0 spiro atoms. The fourth-order valence-corrected chi connectivity index (χ4v) is 9.66. The zero-order valence-corrected chi connectivity index (χ0v) is 28.7. The molecule has 2 aliphatic heterocycles. The van der Waals surface area contributed by atoms with Gasteiger partial charge in [0.2, 0.25) is 0 Å². The van der Waals surface area contributed by atoms with Crippen molar-refractivity contribution in [1.82, 2.24) is 0 Å². The van der Waals surface area contributed by atoms with Gasteiger partial charge in [-0.1, -0.05) is 0 Å². The molecule has 0 aromatic heterocycles. The SMILES string of the molecule is CC(C)(C)C1=CC(=CC2C(=O)C([O-])C(C=C3C=C(C(C)(C)C)[Se]C(C(C)(C)C)=C3)C2[O-])C=C(C(C)(C)C)[Se]1. The van der Waals surface area contributed by atoms with Crippen molar-refractivity contribution in [2.24, 2.45) is 33.5 Å². The van der Waals surface area contributed by atoms with E-state index in [1.165, 1.54) is 17.9 Å². The molecule has 1 saturated carbocycles. The first-order valence-corrected chi connectivity index (χ1v) is 17.0. The fraction of sp³-hybridized carbons (Fsp3) is 0.606. The van der Waals surface area contributed by atoms with E-state index in [4.69, 9.17) is 0 Å². The number of allylic oxidation sites excluding steroid dienone is 10. The van der Waals surface area contributed by atoms with Crippen LogP contribution in [0.25, 0.3) is 0 Å². The molecule has 5 heteroatoms. The normalized spacial score (nSPS) is 27.6. The average molecular weight is 649 g/mol. The van der Waals surface area contributed by atoms with Crippen molar-refractivity contribution < 1.29 is 15.0 Å². The number of carbonyl (C=O) groups is 1. The van der Waals surface area contributed by atoms with E-state index < -0.39 is 29.8 Å². The molecule has 210 valence electrons. The van der Waals surface area contributed by atoms with Crippen molar-refractivity contribution in [3.8, 4) is 0 Å². The van der Waals surface area contributed by atoms with E-state index in [9.17, 15) is 15.0 Å². The van der Waals surface area contributed by atoms with Gasteiger partial charge in [-0.25, -0.2) is 0 Å².